The number of carbonyl (C=O) groups is 1. The van der Waals surface area contributed by atoms with Crippen molar-refractivity contribution in [2.45, 2.75) is 20.8 Å². The summed E-state index contributed by atoms with van der Waals surface area (Å²) < 4.78 is 5.64. The molecule has 0 amide bonds. The molecule has 0 atom stereocenters. The summed E-state index contributed by atoms with van der Waals surface area (Å²) in [7, 11) is 0. The monoisotopic (exact) mass is 730 g/mol. The maximum atomic E-state index is 11.4. The second kappa shape index (κ2) is 14.2. The van der Waals surface area contributed by atoms with Crippen molar-refractivity contribution in [1.82, 2.24) is 19.9 Å². The molecule has 0 spiro atoms. The van der Waals surface area contributed by atoms with Gasteiger partial charge in [-0.3, -0.25) is 0 Å². The lowest BCUT2D eigenvalue weighted by atomic mass is 9.98. The Labute approximate surface area is 324 Å². The summed E-state index contributed by atoms with van der Waals surface area (Å²) in [6, 6.07) is 41.6. The van der Waals surface area contributed by atoms with Crippen LogP contribution in [0.2, 0.25) is 0 Å². The van der Waals surface area contributed by atoms with E-state index in [1.807, 2.05) is 24.3 Å². The number of aliphatic carboxylic acids is 1. The average Bonchev–Trinajstić information content (AvgIpc) is 4.03. The van der Waals surface area contributed by atoms with Crippen molar-refractivity contribution in [2.24, 2.45) is 0 Å². The van der Waals surface area contributed by atoms with E-state index >= 15 is 0 Å². The Morgan fingerprint density at radius 3 is 1.70 bits per heavy atom. The smallest absolute Gasteiger partial charge is 0.341 e. The Kier molecular flexibility index (Phi) is 8.75. The standard InChI is InChI=1S/C49H38N4O3/c1-29-7-13-32(14-8-29)46-40-20-19-36(50-40)26-37-27-39(35-5-4-6-38(25-35)56-28-45(54)55)49(51-37)48(34-17-11-31(3)12-18-34)44-24-23-43(53-44)47(42-22-21-41(46)52-42)33-15-9-30(2)10-16-33/h4-27,51-52H,28H2,1-3H3,(H,54,55). The van der Waals surface area contributed by atoms with Crippen LogP contribution in [0.15, 0.2) is 121 Å². The molecule has 0 radical (unpaired) electrons. The zero-order valence-corrected chi connectivity index (χ0v) is 31.2. The number of carboxylic acid groups (broad SMARTS) is 1. The highest BCUT2D eigenvalue weighted by molar-refractivity contribution is 6.01. The fourth-order valence-electron chi connectivity index (χ4n) is 7.42. The SMILES string of the molecule is Cc1ccc(-c2c3nc(cc4cc(-c5cccc(OCC(=O)O)c5)c([nH]4)c(-c4ccc(C)cc4)c4nc(c(-c5ccc(C)cc5)c5ccc2[nH]5)C=C4)C=C3)cc1. The van der Waals surface area contributed by atoms with Crippen LogP contribution >= 0.6 is 0 Å². The van der Waals surface area contributed by atoms with Gasteiger partial charge in [-0.25, -0.2) is 14.8 Å². The van der Waals surface area contributed by atoms with Gasteiger partial charge in [0.25, 0.3) is 0 Å². The number of nitrogens with one attached hydrogen (secondary N) is 2. The van der Waals surface area contributed by atoms with Crippen LogP contribution in [-0.2, 0) is 4.79 Å². The van der Waals surface area contributed by atoms with Crippen molar-refractivity contribution in [2.75, 3.05) is 6.61 Å². The van der Waals surface area contributed by atoms with E-state index in [9.17, 15) is 9.90 Å². The molecule has 0 saturated carbocycles. The topological polar surface area (TPSA) is 104 Å². The number of aryl methyl sites for hydroxylation is 3. The summed E-state index contributed by atoms with van der Waals surface area (Å²) in [5.74, 6) is -0.566. The van der Waals surface area contributed by atoms with E-state index in [2.05, 4.69) is 146 Å². The molecule has 0 fully saturated rings. The first-order chi connectivity index (χ1) is 27.3. The second-order valence-corrected chi connectivity index (χ2v) is 14.3. The van der Waals surface area contributed by atoms with E-state index in [-0.39, 0.29) is 0 Å². The highest BCUT2D eigenvalue weighted by atomic mass is 16.5. The summed E-state index contributed by atoms with van der Waals surface area (Å²) in [4.78, 5) is 29.6. The lowest BCUT2D eigenvalue weighted by Gasteiger charge is -2.09. The van der Waals surface area contributed by atoms with Crippen molar-refractivity contribution < 1.29 is 14.6 Å². The van der Waals surface area contributed by atoms with Crippen molar-refractivity contribution >= 4 is 52.3 Å². The first-order valence-electron chi connectivity index (χ1n) is 18.6. The van der Waals surface area contributed by atoms with E-state index < -0.39 is 12.6 Å². The van der Waals surface area contributed by atoms with Crippen LogP contribution in [0.1, 0.15) is 39.5 Å². The van der Waals surface area contributed by atoms with Crippen LogP contribution in [0.5, 0.6) is 5.75 Å². The third-order valence-electron chi connectivity index (χ3n) is 10.2. The van der Waals surface area contributed by atoms with Crippen LogP contribution in [0, 0.1) is 20.8 Å². The number of H-pyrrole nitrogens is 2. The van der Waals surface area contributed by atoms with Gasteiger partial charge in [-0.1, -0.05) is 102 Å². The van der Waals surface area contributed by atoms with Gasteiger partial charge in [0.1, 0.15) is 5.75 Å². The highest BCUT2D eigenvalue weighted by Gasteiger charge is 2.19. The van der Waals surface area contributed by atoms with Gasteiger partial charge in [-0.15, -0.1) is 0 Å². The summed E-state index contributed by atoms with van der Waals surface area (Å²) >= 11 is 0. The highest BCUT2D eigenvalue weighted by Crippen LogP contribution is 2.40. The molecule has 7 aromatic rings. The van der Waals surface area contributed by atoms with Crippen molar-refractivity contribution in [3.8, 4) is 50.3 Å². The molecule has 5 heterocycles. The Morgan fingerprint density at radius 2 is 1.11 bits per heavy atom. The predicted octanol–water partition coefficient (Wildman–Crippen LogP) is 11.7. The Balaban J connectivity index is 1.43. The molecule has 3 aromatic heterocycles. The quantitative estimate of drug-likeness (QED) is 0.151. The molecule has 0 aliphatic carbocycles. The Bertz CT molecular complexity index is 2900. The molecular formula is C49H38N4O3. The number of benzene rings is 4. The molecule has 7 heteroatoms. The van der Waals surface area contributed by atoms with Crippen LogP contribution in [0.3, 0.4) is 0 Å². The van der Waals surface area contributed by atoms with Crippen LogP contribution in [0.25, 0.3) is 90.9 Å². The van der Waals surface area contributed by atoms with Crippen LogP contribution in [-0.4, -0.2) is 37.6 Å². The largest absolute Gasteiger partial charge is 0.482 e. The number of rotatable bonds is 7. The number of carboxylic acids is 1. The third kappa shape index (κ3) is 6.71. The summed E-state index contributed by atoms with van der Waals surface area (Å²) in [5.41, 5.74) is 18.2. The van der Waals surface area contributed by atoms with Gasteiger partial charge in [0.05, 0.1) is 28.3 Å². The minimum absolute atomic E-state index is 0.433. The van der Waals surface area contributed by atoms with E-state index in [1.54, 1.807) is 6.07 Å². The lowest BCUT2D eigenvalue weighted by Crippen LogP contribution is -2.09. The molecule has 2 aliphatic heterocycles. The van der Waals surface area contributed by atoms with Gasteiger partial charge in [-0.2, -0.15) is 0 Å². The fourth-order valence-corrected chi connectivity index (χ4v) is 7.42. The molecular weight excluding hydrogens is 693 g/mol. The van der Waals surface area contributed by atoms with Gasteiger partial charge in [-0.05, 0) is 104 Å². The number of aromatic nitrogens is 4. The number of aromatic amines is 2. The Hall–Kier alpha value is -7.25. The van der Waals surface area contributed by atoms with Gasteiger partial charge < -0.3 is 19.8 Å². The van der Waals surface area contributed by atoms with E-state index in [0.717, 1.165) is 94.9 Å². The number of nitrogens with zero attached hydrogens (tertiary/aromatic N) is 2. The maximum absolute atomic E-state index is 11.4. The zero-order chi connectivity index (χ0) is 38.3. The third-order valence-corrected chi connectivity index (χ3v) is 10.2. The normalized spacial score (nSPS) is 11.9. The first kappa shape index (κ1) is 34.5. The number of fused-ring (bicyclic) bond motifs is 8. The Morgan fingerprint density at radius 1 is 0.571 bits per heavy atom. The van der Waals surface area contributed by atoms with Crippen LogP contribution < -0.4 is 4.74 Å². The molecule has 0 saturated heterocycles. The molecule has 9 rings (SSSR count). The molecule has 56 heavy (non-hydrogen) atoms. The van der Waals surface area contributed by atoms with E-state index in [4.69, 9.17) is 14.7 Å². The second-order valence-electron chi connectivity index (χ2n) is 14.3. The van der Waals surface area contributed by atoms with Gasteiger partial charge in [0.15, 0.2) is 6.61 Å². The van der Waals surface area contributed by atoms with E-state index in [1.165, 1.54) is 11.1 Å². The summed E-state index contributed by atoms with van der Waals surface area (Å²) in [6.07, 6.45) is 8.32. The number of ether oxygens (including phenoxy) is 1. The molecule has 272 valence electrons. The van der Waals surface area contributed by atoms with Gasteiger partial charge in [0, 0.05) is 38.8 Å². The maximum Gasteiger partial charge on any atom is 0.341 e. The fraction of sp³-hybridized carbons (Fsp3) is 0.0816. The van der Waals surface area contributed by atoms with Gasteiger partial charge >= 0.3 is 5.97 Å². The minimum atomic E-state index is -1.03. The molecule has 8 bridgehead atoms. The van der Waals surface area contributed by atoms with Crippen molar-refractivity contribution in [1.29, 1.82) is 0 Å². The average molecular weight is 731 g/mol. The molecule has 4 aromatic carbocycles. The van der Waals surface area contributed by atoms with Crippen LogP contribution in [0.4, 0.5) is 0 Å². The van der Waals surface area contributed by atoms with Crippen molar-refractivity contribution in [3.05, 3.63) is 161 Å². The summed E-state index contributed by atoms with van der Waals surface area (Å²) in [6.45, 7) is 5.84. The lowest BCUT2D eigenvalue weighted by molar-refractivity contribution is -0.139. The molecule has 7 nitrogen and oxygen atoms in total. The molecule has 2 aliphatic rings. The number of hydrogen-bond acceptors (Lipinski definition) is 4. The number of hydrogen-bond donors (Lipinski definition) is 3. The first-order valence-corrected chi connectivity index (χ1v) is 18.6. The van der Waals surface area contributed by atoms with Crippen molar-refractivity contribution in [3.63, 3.8) is 0 Å². The summed E-state index contributed by atoms with van der Waals surface area (Å²) in [5, 5.41) is 9.32. The zero-order valence-electron chi connectivity index (χ0n) is 31.2. The molecule has 3 N–H and O–H groups in total. The molecule has 0 unspecified atom stereocenters. The minimum Gasteiger partial charge on any atom is -0.482 e. The van der Waals surface area contributed by atoms with E-state index in [0.29, 0.717) is 5.75 Å². The predicted molar refractivity (Wildman–Crippen MR) is 228 cm³/mol. The van der Waals surface area contributed by atoms with Gasteiger partial charge in [0.2, 0.25) is 0 Å².